The van der Waals surface area contributed by atoms with Crippen molar-refractivity contribution in [2.24, 2.45) is 5.41 Å². The maximum atomic E-state index is 13.6. The molecule has 0 radical (unpaired) electrons. The molecule has 0 atom stereocenters. The Bertz CT molecular complexity index is 1690. The van der Waals surface area contributed by atoms with E-state index in [0.717, 1.165) is 31.3 Å². The number of benzene rings is 2. The van der Waals surface area contributed by atoms with Crippen LogP contribution in [0.25, 0.3) is 10.9 Å². The van der Waals surface area contributed by atoms with Gasteiger partial charge in [0.2, 0.25) is 10.0 Å². The number of aryl methyl sites for hydroxylation is 1. The van der Waals surface area contributed by atoms with Gasteiger partial charge in [0.1, 0.15) is 0 Å². The molecule has 0 unspecified atom stereocenters. The fraction of sp³-hybridized carbons (Fsp3) is 0.483. The summed E-state index contributed by atoms with van der Waals surface area (Å²) < 4.78 is 52.4. The van der Waals surface area contributed by atoms with Crippen LogP contribution in [0.5, 0.6) is 0 Å². The number of aromatic nitrogens is 1. The number of anilines is 2. The molecule has 2 aliphatic rings. The molecule has 11 heteroatoms. The third-order valence-corrected chi connectivity index (χ3v) is 12.5. The first-order valence-corrected chi connectivity index (χ1v) is 16.7. The van der Waals surface area contributed by atoms with Crippen LogP contribution in [-0.4, -0.2) is 62.0 Å². The van der Waals surface area contributed by atoms with Gasteiger partial charge in [0.15, 0.2) is 9.84 Å². The van der Waals surface area contributed by atoms with Gasteiger partial charge in [0.25, 0.3) is 5.91 Å². The second-order valence-corrected chi connectivity index (χ2v) is 16.8. The van der Waals surface area contributed by atoms with E-state index < -0.39 is 42.9 Å². The maximum Gasteiger partial charge on any atom is 0.257 e. The third kappa shape index (κ3) is 5.14. The average Bonchev–Trinajstić information content (AvgIpc) is 3.54. The molecule has 1 saturated heterocycles. The van der Waals surface area contributed by atoms with Gasteiger partial charge in [-0.1, -0.05) is 6.07 Å². The van der Waals surface area contributed by atoms with Gasteiger partial charge in [0.05, 0.1) is 38.8 Å². The van der Waals surface area contributed by atoms with Gasteiger partial charge in [-0.25, -0.2) is 20.8 Å². The summed E-state index contributed by atoms with van der Waals surface area (Å²) in [5, 5.41) is 12.9. The lowest BCUT2D eigenvalue weighted by atomic mass is 9.93. The number of aliphatic hydroxyl groups excluding tert-OH is 1. The van der Waals surface area contributed by atoms with E-state index in [2.05, 4.69) is 10.2 Å². The highest BCUT2D eigenvalue weighted by atomic mass is 32.2. The number of nitrogens with one attached hydrogen (secondary N) is 1. The molecule has 0 bridgehead atoms. The first kappa shape index (κ1) is 28.6. The van der Waals surface area contributed by atoms with Crippen molar-refractivity contribution in [3.8, 4) is 0 Å². The summed E-state index contributed by atoms with van der Waals surface area (Å²) in [6, 6.07) is 11.4. The Labute approximate surface area is 236 Å². The Balaban J connectivity index is 1.51. The molecule has 1 aliphatic carbocycles. The van der Waals surface area contributed by atoms with Gasteiger partial charge >= 0.3 is 0 Å². The molecule has 2 N–H and O–H groups in total. The summed E-state index contributed by atoms with van der Waals surface area (Å²) in [7, 11) is -7.42. The Morgan fingerprint density at radius 1 is 0.975 bits per heavy atom. The van der Waals surface area contributed by atoms with Crippen molar-refractivity contribution >= 4 is 48.0 Å². The van der Waals surface area contributed by atoms with Gasteiger partial charge < -0.3 is 15.3 Å². The van der Waals surface area contributed by atoms with Crippen LogP contribution in [0, 0.1) is 12.3 Å². The van der Waals surface area contributed by atoms with Crippen LogP contribution in [0.3, 0.4) is 0 Å². The Kier molecular flexibility index (Phi) is 7.07. The number of hydrogen-bond donors (Lipinski definition) is 2. The first-order valence-electron chi connectivity index (χ1n) is 13.6. The SMILES string of the molecule is Cc1cc2ccc(NC(=O)c3ccc(S(=O)(=O)CCO)cc3N3CCC4(CC3)CC4)cc2n1S(=O)(=O)C(C)(C)C. The van der Waals surface area contributed by atoms with Crippen LogP contribution < -0.4 is 10.2 Å². The number of nitrogens with zero attached hydrogens (tertiary/aromatic N) is 2. The average molecular weight is 588 g/mol. The number of carbonyl (C=O) groups excluding carboxylic acids is 1. The van der Waals surface area contributed by atoms with E-state index in [1.165, 1.54) is 28.9 Å². The molecular weight excluding hydrogens is 550 g/mol. The maximum absolute atomic E-state index is 13.6. The van der Waals surface area contributed by atoms with Crippen molar-refractivity contribution < 1.29 is 26.7 Å². The number of rotatable bonds is 7. The van der Waals surface area contributed by atoms with Gasteiger partial charge in [0, 0.05) is 29.9 Å². The molecule has 5 rings (SSSR count). The van der Waals surface area contributed by atoms with Gasteiger partial charge in [-0.2, -0.15) is 0 Å². The van der Waals surface area contributed by atoms with Crippen molar-refractivity contribution in [3.05, 3.63) is 53.7 Å². The predicted octanol–water partition coefficient (Wildman–Crippen LogP) is 4.32. The fourth-order valence-electron chi connectivity index (χ4n) is 5.48. The molecule has 1 aliphatic heterocycles. The van der Waals surface area contributed by atoms with Gasteiger partial charge in [-0.15, -0.1) is 0 Å². The number of aliphatic hydroxyl groups is 1. The molecule has 9 nitrogen and oxygen atoms in total. The quantitative estimate of drug-likeness (QED) is 0.422. The summed E-state index contributed by atoms with van der Waals surface area (Å²) in [5.41, 5.74) is 2.76. The molecule has 1 aromatic heterocycles. The second kappa shape index (κ2) is 9.88. The van der Waals surface area contributed by atoms with Crippen LogP contribution in [0.15, 0.2) is 47.4 Å². The Hall–Kier alpha value is -2.89. The molecule has 1 saturated carbocycles. The van der Waals surface area contributed by atoms with Crippen molar-refractivity contribution in [1.82, 2.24) is 3.97 Å². The van der Waals surface area contributed by atoms with E-state index in [1.54, 1.807) is 58.0 Å². The molecule has 3 aromatic rings. The highest BCUT2D eigenvalue weighted by molar-refractivity contribution is 7.91. The van der Waals surface area contributed by atoms with Crippen LogP contribution >= 0.6 is 0 Å². The largest absolute Gasteiger partial charge is 0.395 e. The zero-order valence-corrected chi connectivity index (χ0v) is 25.0. The highest BCUT2D eigenvalue weighted by Crippen LogP contribution is 2.54. The van der Waals surface area contributed by atoms with Crippen LogP contribution in [0.1, 0.15) is 62.5 Å². The lowest BCUT2D eigenvalue weighted by Crippen LogP contribution is -2.36. The normalized spacial score (nSPS) is 17.4. The van der Waals surface area contributed by atoms with Crippen molar-refractivity contribution in [3.63, 3.8) is 0 Å². The number of fused-ring (bicyclic) bond motifs is 1. The van der Waals surface area contributed by atoms with Crippen LogP contribution in [0.4, 0.5) is 11.4 Å². The molecule has 1 spiro atoms. The molecule has 1 amide bonds. The number of amides is 1. The number of piperidine rings is 1. The summed E-state index contributed by atoms with van der Waals surface area (Å²) in [6.07, 6.45) is 4.43. The molecule has 216 valence electrons. The third-order valence-electron chi connectivity index (χ3n) is 8.26. The second-order valence-electron chi connectivity index (χ2n) is 12.1. The van der Waals surface area contributed by atoms with Crippen molar-refractivity contribution in [2.75, 3.05) is 35.7 Å². The molecule has 2 aromatic carbocycles. The number of sulfone groups is 1. The minimum atomic E-state index is -3.71. The smallest absolute Gasteiger partial charge is 0.257 e. The van der Waals surface area contributed by atoms with Crippen molar-refractivity contribution in [2.45, 2.75) is 63.0 Å². The van der Waals surface area contributed by atoms with E-state index in [0.29, 0.717) is 33.6 Å². The van der Waals surface area contributed by atoms with Crippen LogP contribution in [0.2, 0.25) is 0 Å². The Morgan fingerprint density at radius 2 is 1.65 bits per heavy atom. The topological polar surface area (TPSA) is 126 Å². The highest BCUT2D eigenvalue weighted by Gasteiger charge is 2.44. The Morgan fingerprint density at radius 3 is 2.25 bits per heavy atom. The molecular formula is C29H37N3O6S2. The summed E-state index contributed by atoms with van der Waals surface area (Å²) in [5.74, 6) is -0.807. The first-order chi connectivity index (χ1) is 18.7. The van der Waals surface area contributed by atoms with E-state index >= 15 is 0 Å². The van der Waals surface area contributed by atoms with Gasteiger partial charge in [-0.05, 0) is 95.2 Å². The minimum absolute atomic E-state index is 0.0712. The lowest BCUT2D eigenvalue weighted by Gasteiger charge is -2.35. The summed E-state index contributed by atoms with van der Waals surface area (Å²) in [6.45, 7) is 7.66. The van der Waals surface area contributed by atoms with Crippen LogP contribution in [-0.2, 0) is 19.9 Å². The molecule has 40 heavy (non-hydrogen) atoms. The zero-order valence-electron chi connectivity index (χ0n) is 23.4. The molecule has 2 fully saturated rings. The minimum Gasteiger partial charge on any atom is -0.395 e. The van der Waals surface area contributed by atoms with Gasteiger partial charge in [-0.3, -0.25) is 4.79 Å². The van der Waals surface area contributed by atoms with E-state index in [4.69, 9.17) is 0 Å². The van der Waals surface area contributed by atoms with E-state index in [-0.39, 0.29) is 4.90 Å². The summed E-state index contributed by atoms with van der Waals surface area (Å²) in [4.78, 5) is 15.8. The van der Waals surface area contributed by atoms with Crippen molar-refractivity contribution in [1.29, 1.82) is 0 Å². The van der Waals surface area contributed by atoms with E-state index in [9.17, 15) is 26.7 Å². The number of carbonyl (C=O) groups is 1. The predicted molar refractivity (Wildman–Crippen MR) is 157 cm³/mol. The standard InChI is InChI=1S/C29H37N3O6S2/c1-20-17-21-5-6-22(18-25(21)32(20)40(37,38)28(2,3)4)30-27(34)24-8-7-23(39(35,36)16-15-33)19-26(24)31-13-11-29(9-10-29)12-14-31/h5-8,17-19,33H,9-16H2,1-4H3,(H,30,34). The lowest BCUT2D eigenvalue weighted by molar-refractivity contribution is 0.102. The van der Waals surface area contributed by atoms with E-state index in [1.807, 2.05) is 0 Å². The zero-order chi connectivity index (χ0) is 29.1. The monoisotopic (exact) mass is 587 g/mol. The molecule has 2 heterocycles. The fourth-order valence-corrected chi connectivity index (χ4v) is 7.92. The summed E-state index contributed by atoms with van der Waals surface area (Å²) >= 11 is 0. The number of hydrogen-bond acceptors (Lipinski definition) is 7.